The lowest BCUT2D eigenvalue weighted by Gasteiger charge is -2.29. The fourth-order valence-corrected chi connectivity index (χ4v) is 2.12. The molecule has 84 valence electrons. The number of hydrogen-bond donors (Lipinski definition) is 0. The Hall–Kier alpha value is -0.570. The van der Waals surface area contributed by atoms with Crippen molar-refractivity contribution < 1.29 is 0 Å². The van der Waals surface area contributed by atoms with E-state index in [2.05, 4.69) is 52.7 Å². The van der Waals surface area contributed by atoms with Gasteiger partial charge >= 0.3 is 0 Å². The molecule has 0 N–H and O–H groups in total. The van der Waals surface area contributed by atoms with E-state index in [0.29, 0.717) is 6.04 Å². The SMILES string of the molecule is CCC(C)N(CC)c1ncccc1CBr. The van der Waals surface area contributed by atoms with Crippen LogP contribution in [0, 0.1) is 0 Å². The summed E-state index contributed by atoms with van der Waals surface area (Å²) in [6, 6.07) is 4.66. The third-order valence-corrected chi connectivity index (χ3v) is 3.35. The van der Waals surface area contributed by atoms with E-state index in [4.69, 9.17) is 0 Å². The summed E-state index contributed by atoms with van der Waals surface area (Å²) in [5.74, 6) is 1.12. The van der Waals surface area contributed by atoms with Gasteiger partial charge in [-0.15, -0.1) is 0 Å². The number of aromatic nitrogens is 1. The van der Waals surface area contributed by atoms with E-state index < -0.39 is 0 Å². The Balaban J connectivity index is 3.00. The number of anilines is 1. The standard InChI is InChI=1S/C12H19BrN2/c1-4-10(3)15(5-2)12-11(9-13)7-6-8-14-12/h6-8,10H,4-5,9H2,1-3H3. The number of pyridine rings is 1. The molecule has 1 aromatic heterocycles. The summed E-state index contributed by atoms with van der Waals surface area (Å²) < 4.78 is 0. The van der Waals surface area contributed by atoms with Gasteiger partial charge in [-0.1, -0.05) is 28.9 Å². The molecule has 0 aliphatic carbocycles. The second kappa shape index (κ2) is 6.11. The van der Waals surface area contributed by atoms with Crippen molar-refractivity contribution in [3.63, 3.8) is 0 Å². The van der Waals surface area contributed by atoms with Crippen LogP contribution in [0.25, 0.3) is 0 Å². The predicted molar refractivity (Wildman–Crippen MR) is 69.6 cm³/mol. The van der Waals surface area contributed by atoms with Crippen molar-refractivity contribution in [3.8, 4) is 0 Å². The Kier molecular flexibility index (Phi) is 5.09. The molecule has 3 heteroatoms. The van der Waals surface area contributed by atoms with Crippen LogP contribution in [0.1, 0.15) is 32.8 Å². The quantitative estimate of drug-likeness (QED) is 0.761. The van der Waals surface area contributed by atoms with Crippen molar-refractivity contribution in [3.05, 3.63) is 23.9 Å². The van der Waals surface area contributed by atoms with Crippen LogP contribution in [0.15, 0.2) is 18.3 Å². The van der Waals surface area contributed by atoms with E-state index in [1.54, 1.807) is 0 Å². The molecule has 1 atom stereocenters. The van der Waals surface area contributed by atoms with Crippen LogP contribution in [0.4, 0.5) is 5.82 Å². The van der Waals surface area contributed by atoms with Crippen LogP contribution in [-0.2, 0) is 5.33 Å². The molecule has 0 saturated heterocycles. The van der Waals surface area contributed by atoms with Crippen LogP contribution < -0.4 is 4.90 Å². The second-order valence-corrected chi connectivity index (χ2v) is 4.22. The van der Waals surface area contributed by atoms with Gasteiger partial charge in [0.25, 0.3) is 0 Å². The van der Waals surface area contributed by atoms with Crippen LogP contribution in [0.2, 0.25) is 0 Å². The van der Waals surface area contributed by atoms with Crippen LogP contribution in [-0.4, -0.2) is 17.6 Å². The van der Waals surface area contributed by atoms with E-state index in [1.807, 2.05) is 12.3 Å². The van der Waals surface area contributed by atoms with E-state index in [9.17, 15) is 0 Å². The van der Waals surface area contributed by atoms with Crippen LogP contribution in [0.5, 0.6) is 0 Å². The molecule has 1 rings (SSSR count). The van der Waals surface area contributed by atoms with Crippen molar-refractivity contribution in [2.75, 3.05) is 11.4 Å². The third kappa shape index (κ3) is 2.94. The summed E-state index contributed by atoms with van der Waals surface area (Å²) in [6.45, 7) is 7.64. The van der Waals surface area contributed by atoms with Gasteiger partial charge in [-0.3, -0.25) is 0 Å². The van der Waals surface area contributed by atoms with Gasteiger partial charge < -0.3 is 4.90 Å². The second-order valence-electron chi connectivity index (χ2n) is 3.66. The molecular weight excluding hydrogens is 252 g/mol. The largest absolute Gasteiger partial charge is 0.354 e. The Morgan fingerprint density at radius 2 is 2.20 bits per heavy atom. The molecule has 15 heavy (non-hydrogen) atoms. The lowest BCUT2D eigenvalue weighted by molar-refractivity contribution is 0.621. The maximum atomic E-state index is 4.49. The average Bonchev–Trinajstić information content (AvgIpc) is 2.30. The normalized spacial score (nSPS) is 12.5. The Morgan fingerprint density at radius 1 is 1.47 bits per heavy atom. The van der Waals surface area contributed by atoms with Crippen molar-refractivity contribution in [1.29, 1.82) is 0 Å². The molecule has 0 amide bonds. The summed E-state index contributed by atoms with van der Waals surface area (Å²) in [5, 5.41) is 0.864. The van der Waals surface area contributed by atoms with E-state index in [-0.39, 0.29) is 0 Å². The molecule has 0 bridgehead atoms. The molecule has 1 aromatic rings. The van der Waals surface area contributed by atoms with Gasteiger partial charge in [0.1, 0.15) is 5.82 Å². The Labute approximate surface area is 101 Å². The van der Waals surface area contributed by atoms with Crippen LogP contribution in [0.3, 0.4) is 0 Å². The minimum atomic E-state index is 0.544. The smallest absolute Gasteiger partial charge is 0.132 e. The average molecular weight is 271 g/mol. The fraction of sp³-hybridized carbons (Fsp3) is 0.583. The highest BCUT2D eigenvalue weighted by atomic mass is 79.9. The Bertz CT molecular complexity index is 301. The van der Waals surface area contributed by atoms with Crippen molar-refractivity contribution in [2.45, 2.75) is 38.6 Å². The summed E-state index contributed by atoms with van der Waals surface area (Å²) in [7, 11) is 0. The number of rotatable bonds is 5. The van der Waals surface area contributed by atoms with Gasteiger partial charge in [0.15, 0.2) is 0 Å². The zero-order valence-corrected chi connectivity index (χ0v) is 11.3. The van der Waals surface area contributed by atoms with Gasteiger partial charge in [-0.2, -0.15) is 0 Å². The van der Waals surface area contributed by atoms with Gasteiger partial charge in [0.05, 0.1) is 0 Å². The summed E-state index contributed by atoms with van der Waals surface area (Å²) in [6.07, 6.45) is 3.01. The molecule has 0 fully saturated rings. The maximum absolute atomic E-state index is 4.49. The molecule has 1 unspecified atom stereocenters. The molecule has 0 spiro atoms. The third-order valence-electron chi connectivity index (χ3n) is 2.75. The highest BCUT2D eigenvalue weighted by Crippen LogP contribution is 2.22. The van der Waals surface area contributed by atoms with Crippen molar-refractivity contribution >= 4 is 21.7 Å². The first-order valence-corrected chi connectivity index (χ1v) is 6.63. The van der Waals surface area contributed by atoms with Crippen molar-refractivity contribution in [1.82, 2.24) is 4.98 Å². The van der Waals surface area contributed by atoms with Crippen molar-refractivity contribution in [2.24, 2.45) is 0 Å². The number of nitrogens with zero attached hydrogens (tertiary/aromatic N) is 2. The summed E-state index contributed by atoms with van der Waals surface area (Å²) in [4.78, 5) is 6.84. The molecular formula is C12H19BrN2. The summed E-state index contributed by atoms with van der Waals surface area (Å²) in [5.41, 5.74) is 1.26. The fourth-order valence-electron chi connectivity index (χ4n) is 1.68. The Morgan fingerprint density at radius 3 is 2.73 bits per heavy atom. The van der Waals surface area contributed by atoms with Gasteiger partial charge in [0.2, 0.25) is 0 Å². The predicted octanol–water partition coefficient (Wildman–Crippen LogP) is 3.60. The highest BCUT2D eigenvalue weighted by molar-refractivity contribution is 9.08. The summed E-state index contributed by atoms with van der Waals surface area (Å²) >= 11 is 3.51. The lowest BCUT2D eigenvalue weighted by Crippen LogP contribution is -2.33. The maximum Gasteiger partial charge on any atom is 0.132 e. The number of alkyl halides is 1. The first-order valence-electron chi connectivity index (χ1n) is 5.51. The molecule has 0 aliphatic heterocycles. The molecule has 0 aromatic carbocycles. The minimum absolute atomic E-state index is 0.544. The number of halogens is 1. The first-order chi connectivity index (χ1) is 7.24. The first kappa shape index (κ1) is 12.5. The van der Waals surface area contributed by atoms with Gasteiger partial charge in [-0.05, 0) is 26.3 Å². The lowest BCUT2D eigenvalue weighted by atomic mass is 10.2. The van der Waals surface area contributed by atoms with E-state index in [0.717, 1.165) is 24.1 Å². The molecule has 0 radical (unpaired) electrons. The topological polar surface area (TPSA) is 16.1 Å². The number of hydrogen-bond acceptors (Lipinski definition) is 2. The zero-order valence-electron chi connectivity index (χ0n) is 9.70. The molecule has 1 heterocycles. The highest BCUT2D eigenvalue weighted by Gasteiger charge is 2.14. The molecule has 2 nitrogen and oxygen atoms in total. The van der Waals surface area contributed by atoms with E-state index in [1.165, 1.54) is 5.56 Å². The van der Waals surface area contributed by atoms with Gasteiger partial charge in [-0.25, -0.2) is 4.98 Å². The van der Waals surface area contributed by atoms with Gasteiger partial charge in [0, 0.05) is 29.7 Å². The molecule has 0 saturated carbocycles. The minimum Gasteiger partial charge on any atom is -0.354 e. The van der Waals surface area contributed by atoms with E-state index >= 15 is 0 Å². The zero-order chi connectivity index (χ0) is 11.3. The molecule has 0 aliphatic rings. The van der Waals surface area contributed by atoms with Crippen LogP contribution >= 0.6 is 15.9 Å². The monoisotopic (exact) mass is 270 g/mol.